The van der Waals surface area contributed by atoms with E-state index in [1.54, 1.807) is 12.1 Å². The number of hydrogen-bond acceptors (Lipinski definition) is 6. The molecule has 0 saturated heterocycles. The lowest BCUT2D eigenvalue weighted by molar-refractivity contribution is -0.0153. The summed E-state index contributed by atoms with van der Waals surface area (Å²) >= 11 is 0. The van der Waals surface area contributed by atoms with Gasteiger partial charge in [-0.1, -0.05) is 19.1 Å². The zero-order valence-corrected chi connectivity index (χ0v) is 20.0. The fraction of sp³-hybridized carbons (Fsp3) is 0.542. The number of sulfonamides is 1. The maximum Gasteiger partial charge on any atom is 0.262 e. The molecule has 1 aliphatic carbocycles. The number of rotatable bonds is 9. The van der Waals surface area contributed by atoms with Crippen LogP contribution < -0.4 is 9.46 Å². The second-order valence-electron chi connectivity index (χ2n) is 8.61. The number of nitrogens with zero attached hydrogens (tertiary/aromatic N) is 2. The molecular formula is C24H32FN3O4S. The van der Waals surface area contributed by atoms with E-state index in [1.165, 1.54) is 7.11 Å². The number of anilines is 1. The van der Waals surface area contributed by atoms with Gasteiger partial charge in [0.2, 0.25) is 5.88 Å². The summed E-state index contributed by atoms with van der Waals surface area (Å²) in [6.45, 7) is 4.64. The Morgan fingerprint density at radius 1 is 1.18 bits per heavy atom. The Labute approximate surface area is 195 Å². The standard InChI is InChI=1S/C24H32FN3O4S/c1-3-28-11-8-18-16-23(24(31-2)26-22(18)9-12-28)27-33(29,30)21-6-4-17(5-7-21)19-14-20(15-19)32-13-10-25/h4-7,16,19-20,27H,3,8-15H2,1-2H3. The molecule has 1 fully saturated rings. The summed E-state index contributed by atoms with van der Waals surface area (Å²) < 4.78 is 51.9. The Kier molecular flexibility index (Phi) is 7.51. The van der Waals surface area contributed by atoms with Crippen LogP contribution in [0, 0.1) is 0 Å². The minimum absolute atomic E-state index is 0.0911. The van der Waals surface area contributed by atoms with Gasteiger partial charge in [-0.15, -0.1) is 0 Å². The van der Waals surface area contributed by atoms with Crippen LogP contribution in [0.25, 0.3) is 0 Å². The van der Waals surface area contributed by atoms with Crippen molar-refractivity contribution in [3.63, 3.8) is 0 Å². The van der Waals surface area contributed by atoms with Crippen molar-refractivity contribution in [1.29, 1.82) is 0 Å². The van der Waals surface area contributed by atoms with E-state index < -0.39 is 16.7 Å². The maximum absolute atomic E-state index is 13.1. The average Bonchev–Trinajstić information content (AvgIpc) is 2.99. The molecule has 1 aromatic heterocycles. The van der Waals surface area contributed by atoms with Crippen LogP contribution in [0.5, 0.6) is 5.88 Å². The molecule has 1 aromatic carbocycles. The highest BCUT2D eigenvalue weighted by Gasteiger charge is 2.31. The molecule has 2 aromatic rings. The number of methoxy groups -OCH3 is 1. The summed E-state index contributed by atoms with van der Waals surface area (Å²) in [6, 6.07) is 8.79. The highest BCUT2D eigenvalue weighted by Crippen LogP contribution is 2.39. The van der Waals surface area contributed by atoms with Gasteiger partial charge in [-0.25, -0.2) is 17.8 Å². The van der Waals surface area contributed by atoms with Crippen LogP contribution in [0.2, 0.25) is 0 Å². The summed E-state index contributed by atoms with van der Waals surface area (Å²) in [6.07, 6.45) is 3.39. The van der Waals surface area contributed by atoms with Crippen molar-refractivity contribution in [2.75, 3.05) is 44.7 Å². The third-order valence-corrected chi connectivity index (χ3v) is 7.97. The Morgan fingerprint density at radius 3 is 2.58 bits per heavy atom. The highest BCUT2D eigenvalue weighted by atomic mass is 32.2. The van der Waals surface area contributed by atoms with E-state index in [-0.39, 0.29) is 23.5 Å². The van der Waals surface area contributed by atoms with Crippen molar-refractivity contribution in [2.24, 2.45) is 0 Å². The van der Waals surface area contributed by atoms with E-state index in [0.29, 0.717) is 11.6 Å². The highest BCUT2D eigenvalue weighted by molar-refractivity contribution is 7.92. The van der Waals surface area contributed by atoms with Gasteiger partial charge in [0.15, 0.2) is 0 Å². The molecule has 7 nitrogen and oxygen atoms in total. The molecule has 2 heterocycles. The van der Waals surface area contributed by atoms with Crippen molar-refractivity contribution in [3.8, 4) is 5.88 Å². The van der Waals surface area contributed by atoms with Gasteiger partial charge in [-0.3, -0.25) is 4.72 Å². The van der Waals surface area contributed by atoms with E-state index in [1.807, 2.05) is 18.2 Å². The van der Waals surface area contributed by atoms with Crippen LogP contribution in [0.1, 0.15) is 42.5 Å². The van der Waals surface area contributed by atoms with Crippen LogP contribution in [0.4, 0.5) is 10.1 Å². The van der Waals surface area contributed by atoms with Gasteiger partial charge < -0.3 is 14.4 Å². The second kappa shape index (κ2) is 10.4. The minimum Gasteiger partial charge on any atom is -0.479 e. The zero-order chi connectivity index (χ0) is 23.4. The topological polar surface area (TPSA) is 80.8 Å². The summed E-state index contributed by atoms with van der Waals surface area (Å²) in [5.74, 6) is 0.601. The van der Waals surface area contributed by atoms with Crippen molar-refractivity contribution in [2.45, 2.75) is 49.5 Å². The van der Waals surface area contributed by atoms with Gasteiger partial charge in [0.05, 0.1) is 24.7 Å². The van der Waals surface area contributed by atoms with Gasteiger partial charge in [-0.05, 0) is 61.1 Å². The number of aromatic nitrogens is 1. The second-order valence-corrected chi connectivity index (χ2v) is 10.3. The van der Waals surface area contributed by atoms with E-state index in [0.717, 1.165) is 62.1 Å². The first kappa shape index (κ1) is 23.9. The summed E-state index contributed by atoms with van der Waals surface area (Å²) in [4.78, 5) is 7.15. The molecule has 33 heavy (non-hydrogen) atoms. The molecule has 9 heteroatoms. The molecule has 1 saturated carbocycles. The lowest BCUT2D eigenvalue weighted by Gasteiger charge is -2.35. The molecular weight excluding hydrogens is 445 g/mol. The fourth-order valence-corrected chi connectivity index (χ4v) is 5.56. The van der Waals surface area contributed by atoms with Crippen molar-refractivity contribution in [1.82, 2.24) is 9.88 Å². The number of benzene rings is 1. The zero-order valence-electron chi connectivity index (χ0n) is 19.2. The predicted octanol–water partition coefficient (Wildman–Crippen LogP) is 3.54. The normalized spacial score (nSPS) is 21.1. The molecule has 0 radical (unpaired) electrons. The first-order valence-corrected chi connectivity index (χ1v) is 13.0. The van der Waals surface area contributed by atoms with Gasteiger partial charge >= 0.3 is 0 Å². The smallest absolute Gasteiger partial charge is 0.262 e. The quantitative estimate of drug-likeness (QED) is 0.595. The van der Waals surface area contributed by atoms with Crippen LogP contribution >= 0.6 is 0 Å². The van der Waals surface area contributed by atoms with Gasteiger partial charge in [0.25, 0.3) is 10.0 Å². The number of ether oxygens (including phenoxy) is 2. The molecule has 1 N–H and O–H groups in total. The Bertz CT molecular complexity index is 1060. The molecule has 0 amide bonds. The number of hydrogen-bond donors (Lipinski definition) is 1. The SMILES string of the molecule is CCN1CCc2cc(NS(=O)(=O)c3ccc(C4CC(OCCF)C4)cc3)c(OC)nc2CC1. The van der Waals surface area contributed by atoms with Crippen LogP contribution in [0.3, 0.4) is 0 Å². The predicted molar refractivity (Wildman–Crippen MR) is 125 cm³/mol. The van der Waals surface area contributed by atoms with Crippen LogP contribution in [-0.4, -0.2) is 64.4 Å². The lowest BCUT2D eigenvalue weighted by Crippen LogP contribution is -2.30. The Morgan fingerprint density at radius 2 is 1.91 bits per heavy atom. The third-order valence-electron chi connectivity index (χ3n) is 6.59. The molecule has 4 rings (SSSR count). The van der Waals surface area contributed by atoms with Gasteiger partial charge in [0, 0.05) is 25.2 Å². The molecule has 0 atom stereocenters. The number of likely N-dealkylation sites (N-methyl/N-ethyl adjacent to an activating group) is 1. The summed E-state index contributed by atoms with van der Waals surface area (Å²) in [5, 5.41) is 0. The van der Waals surface area contributed by atoms with Crippen LogP contribution in [-0.2, 0) is 27.6 Å². The first-order chi connectivity index (χ1) is 15.9. The summed E-state index contributed by atoms with van der Waals surface area (Å²) in [7, 11) is -2.30. The van der Waals surface area contributed by atoms with Crippen LogP contribution in [0.15, 0.2) is 35.2 Å². The van der Waals surface area contributed by atoms with Gasteiger partial charge in [0.1, 0.15) is 12.4 Å². The van der Waals surface area contributed by atoms with E-state index in [4.69, 9.17) is 9.47 Å². The first-order valence-electron chi connectivity index (χ1n) is 11.5. The summed E-state index contributed by atoms with van der Waals surface area (Å²) in [5.41, 5.74) is 3.44. The number of nitrogens with one attached hydrogen (secondary N) is 1. The van der Waals surface area contributed by atoms with Crippen molar-refractivity contribution < 1.29 is 22.3 Å². The van der Waals surface area contributed by atoms with Crippen molar-refractivity contribution >= 4 is 15.7 Å². The molecule has 1 aliphatic heterocycles. The Hall–Kier alpha value is -2.23. The molecule has 2 aliphatic rings. The number of fused-ring (bicyclic) bond motifs is 1. The largest absolute Gasteiger partial charge is 0.479 e. The average molecular weight is 478 g/mol. The van der Waals surface area contributed by atoms with E-state index in [2.05, 4.69) is 21.5 Å². The Balaban J connectivity index is 1.47. The number of halogens is 1. The van der Waals surface area contributed by atoms with Gasteiger partial charge in [-0.2, -0.15) is 0 Å². The molecule has 0 bridgehead atoms. The van der Waals surface area contributed by atoms with Crippen molar-refractivity contribution in [3.05, 3.63) is 47.2 Å². The number of alkyl halides is 1. The molecule has 180 valence electrons. The molecule has 0 spiro atoms. The minimum atomic E-state index is -3.80. The maximum atomic E-state index is 13.1. The lowest BCUT2D eigenvalue weighted by atomic mass is 9.77. The number of pyridine rings is 1. The monoisotopic (exact) mass is 477 g/mol. The molecule has 0 unspecified atom stereocenters. The fourth-order valence-electron chi connectivity index (χ4n) is 4.51. The van der Waals surface area contributed by atoms with E-state index in [9.17, 15) is 12.8 Å². The van der Waals surface area contributed by atoms with E-state index >= 15 is 0 Å². The third kappa shape index (κ3) is 5.47.